The number of nitrogens with two attached hydrogens (primary N) is 1. The fourth-order valence-corrected chi connectivity index (χ4v) is 1.96. The molecule has 0 fully saturated rings. The number of hydrogen-bond donors (Lipinski definition) is 2. The van der Waals surface area contributed by atoms with E-state index in [9.17, 15) is 9.18 Å². The third-order valence-electron chi connectivity index (χ3n) is 2.93. The quantitative estimate of drug-likeness (QED) is 0.835. The van der Waals surface area contributed by atoms with Crippen LogP contribution < -0.4 is 11.1 Å². The molecule has 0 aliphatic rings. The van der Waals surface area contributed by atoms with Crippen molar-refractivity contribution in [2.75, 3.05) is 5.32 Å². The predicted molar refractivity (Wildman–Crippen MR) is 79.4 cm³/mol. The Morgan fingerprint density at radius 1 is 1.42 bits per heavy atom. The summed E-state index contributed by atoms with van der Waals surface area (Å²) in [6.45, 7) is 3.82. The molecule has 0 spiro atoms. The molecule has 1 amide bonds. The van der Waals surface area contributed by atoms with Crippen LogP contribution in [0.1, 0.15) is 33.1 Å². The van der Waals surface area contributed by atoms with Gasteiger partial charge in [-0.2, -0.15) is 0 Å². The molecule has 1 rings (SSSR count). The lowest BCUT2D eigenvalue weighted by molar-refractivity contribution is -0.119. The number of benzene rings is 1. The highest BCUT2D eigenvalue weighted by atomic mass is 79.9. The van der Waals surface area contributed by atoms with Gasteiger partial charge < -0.3 is 11.1 Å². The van der Waals surface area contributed by atoms with E-state index in [1.807, 2.05) is 13.8 Å². The van der Waals surface area contributed by atoms with Gasteiger partial charge in [-0.1, -0.05) is 13.3 Å². The second-order valence-corrected chi connectivity index (χ2v) is 5.78. The lowest BCUT2D eigenvalue weighted by atomic mass is 10.0. The number of nitrogens with one attached hydrogen (secondary N) is 1. The van der Waals surface area contributed by atoms with E-state index < -0.39 is 0 Å². The van der Waals surface area contributed by atoms with Gasteiger partial charge in [0.15, 0.2) is 0 Å². The maximum absolute atomic E-state index is 13.3. The Balaban J connectivity index is 2.47. The van der Waals surface area contributed by atoms with Gasteiger partial charge in [-0.15, -0.1) is 0 Å². The van der Waals surface area contributed by atoms with Crippen molar-refractivity contribution in [2.45, 2.75) is 39.2 Å². The average Bonchev–Trinajstić information content (AvgIpc) is 2.33. The van der Waals surface area contributed by atoms with Gasteiger partial charge in [0.2, 0.25) is 5.91 Å². The van der Waals surface area contributed by atoms with Crippen molar-refractivity contribution < 1.29 is 9.18 Å². The fraction of sp³-hybridized carbons (Fsp3) is 0.500. The van der Waals surface area contributed by atoms with Gasteiger partial charge in [-0.05, 0) is 53.9 Å². The van der Waals surface area contributed by atoms with E-state index in [1.54, 1.807) is 12.1 Å². The Kier molecular flexibility index (Phi) is 6.45. The highest BCUT2D eigenvalue weighted by Gasteiger charge is 2.13. The zero-order valence-electron chi connectivity index (χ0n) is 11.2. The zero-order chi connectivity index (χ0) is 14.4. The normalized spacial score (nSPS) is 13.9. The molecule has 0 saturated carbocycles. The molecule has 0 bridgehead atoms. The molecular weight excluding hydrogens is 311 g/mol. The van der Waals surface area contributed by atoms with E-state index in [0.717, 1.165) is 19.3 Å². The third kappa shape index (κ3) is 5.70. The van der Waals surface area contributed by atoms with Crippen LogP contribution in [-0.4, -0.2) is 11.9 Å². The highest BCUT2D eigenvalue weighted by Crippen LogP contribution is 2.20. The number of anilines is 1. The molecule has 3 nitrogen and oxygen atoms in total. The van der Waals surface area contributed by atoms with E-state index in [2.05, 4.69) is 21.2 Å². The molecule has 1 aromatic rings. The van der Waals surface area contributed by atoms with Gasteiger partial charge in [-0.3, -0.25) is 4.79 Å². The van der Waals surface area contributed by atoms with E-state index >= 15 is 0 Å². The molecule has 2 atom stereocenters. The molecule has 0 radical (unpaired) electrons. The van der Waals surface area contributed by atoms with Crippen LogP contribution in [0.15, 0.2) is 22.7 Å². The largest absolute Gasteiger partial charge is 0.328 e. The van der Waals surface area contributed by atoms with E-state index in [-0.39, 0.29) is 23.7 Å². The van der Waals surface area contributed by atoms with Gasteiger partial charge in [0.25, 0.3) is 0 Å². The first-order valence-corrected chi connectivity index (χ1v) is 7.21. The van der Waals surface area contributed by atoms with E-state index in [4.69, 9.17) is 5.73 Å². The van der Waals surface area contributed by atoms with Crippen LogP contribution >= 0.6 is 15.9 Å². The van der Waals surface area contributed by atoms with Crippen molar-refractivity contribution in [3.8, 4) is 0 Å². The third-order valence-corrected chi connectivity index (χ3v) is 3.57. The summed E-state index contributed by atoms with van der Waals surface area (Å²) in [5, 5.41) is 2.72. The second-order valence-electron chi connectivity index (χ2n) is 4.93. The molecule has 0 saturated heterocycles. The molecule has 5 heteroatoms. The van der Waals surface area contributed by atoms with Crippen LogP contribution in [0, 0.1) is 11.7 Å². The smallest absolute Gasteiger partial charge is 0.227 e. The van der Waals surface area contributed by atoms with Crippen LogP contribution in [0.25, 0.3) is 0 Å². The zero-order valence-corrected chi connectivity index (χ0v) is 12.8. The van der Waals surface area contributed by atoms with Crippen LogP contribution in [0.4, 0.5) is 10.1 Å². The van der Waals surface area contributed by atoms with Crippen molar-refractivity contribution in [3.05, 3.63) is 28.5 Å². The number of halogens is 2. The number of rotatable bonds is 6. The Labute approximate surface area is 121 Å². The molecule has 0 aromatic heterocycles. The van der Waals surface area contributed by atoms with Gasteiger partial charge in [0.05, 0.1) is 4.47 Å². The summed E-state index contributed by atoms with van der Waals surface area (Å²) in [6, 6.07) is 4.71. The topological polar surface area (TPSA) is 55.1 Å². The van der Waals surface area contributed by atoms with Gasteiger partial charge in [0, 0.05) is 17.6 Å². The molecule has 106 valence electrons. The summed E-state index contributed by atoms with van der Waals surface area (Å²) in [5.41, 5.74) is 6.14. The number of carbonyl (C=O) groups is 1. The predicted octanol–water partition coefficient (Wildman–Crippen LogP) is 3.68. The minimum absolute atomic E-state index is 0.0913. The lowest BCUT2D eigenvalue weighted by Gasteiger charge is -2.13. The molecule has 0 heterocycles. The first kappa shape index (κ1) is 16.1. The van der Waals surface area contributed by atoms with Crippen molar-refractivity contribution in [2.24, 2.45) is 11.7 Å². The maximum Gasteiger partial charge on any atom is 0.227 e. The Morgan fingerprint density at radius 3 is 2.68 bits per heavy atom. The first-order chi connectivity index (χ1) is 8.90. The highest BCUT2D eigenvalue weighted by molar-refractivity contribution is 9.10. The lowest BCUT2D eigenvalue weighted by Crippen LogP contribution is -2.21. The average molecular weight is 331 g/mol. The van der Waals surface area contributed by atoms with E-state index in [1.165, 1.54) is 6.07 Å². The molecule has 19 heavy (non-hydrogen) atoms. The Morgan fingerprint density at radius 2 is 2.11 bits per heavy atom. The van der Waals surface area contributed by atoms with Crippen LogP contribution in [0.2, 0.25) is 0 Å². The molecule has 0 aliphatic carbocycles. The molecule has 2 unspecified atom stereocenters. The monoisotopic (exact) mass is 330 g/mol. The molecule has 0 aliphatic heterocycles. The summed E-state index contributed by atoms with van der Waals surface area (Å²) in [5.74, 6) is -0.584. The van der Waals surface area contributed by atoms with Crippen LogP contribution in [0.3, 0.4) is 0 Å². The summed E-state index contributed by atoms with van der Waals surface area (Å²) in [7, 11) is 0. The van der Waals surface area contributed by atoms with Crippen molar-refractivity contribution in [3.63, 3.8) is 0 Å². The fourth-order valence-electron chi connectivity index (χ4n) is 1.72. The van der Waals surface area contributed by atoms with E-state index in [0.29, 0.717) is 10.2 Å². The summed E-state index contributed by atoms with van der Waals surface area (Å²) in [6.07, 6.45) is 2.61. The number of amides is 1. The standard InChI is InChI=1S/C14H20BrFN2O/c1-9(4-3-5-10(2)17)14(19)18-11-6-7-12(15)13(16)8-11/h6-10H,3-5,17H2,1-2H3,(H,18,19). The van der Waals surface area contributed by atoms with Gasteiger partial charge >= 0.3 is 0 Å². The van der Waals surface area contributed by atoms with Crippen LogP contribution in [-0.2, 0) is 4.79 Å². The van der Waals surface area contributed by atoms with Crippen molar-refractivity contribution >= 4 is 27.5 Å². The van der Waals surface area contributed by atoms with Gasteiger partial charge in [-0.25, -0.2) is 4.39 Å². The summed E-state index contributed by atoms with van der Waals surface area (Å²) >= 11 is 3.07. The first-order valence-electron chi connectivity index (χ1n) is 6.41. The maximum atomic E-state index is 13.3. The summed E-state index contributed by atoms with van der Waals surface area (Å²) in [4.78, 5) is 11.9. The minimum Gasteiger partial charge on any atom is -0.328 e. The molecule has 3 N–H and O–H groups in total. The summed E-state index contributed by atoms with van der Waals surface area (Å²) < 4.78 is 13.7. The number of carbonyl (C=O) groups excluding carboxylic acids is 1. The second kappa shape index (κ2) is 7.60. The minimum atomic E-state index is -0.387. The Bertz CT molecular complexity index is 437. The molecular formula is C14H20BrFN2O. The van der Waals surface area contributed by atoms with Crippen LogP contribution in [0.5, 0.6) is 0 Å². The van der Waals surface area contributed by atoms with Crippen molar-refractivity contribution in [1.82, 2.24) is 0 Å². The SMILES string of the molecule is CC(N)CCCC(C)C(=O)Nc1ccc(Br)c(F)c1. The Hall–Kier alpha value is -0.940. The number of hydrogen-bond acceptors (Lipinski definition) is 2. The van der Waals surface area contributed by atoms with Gasteiger partial charge in [0.1, 0.15) is 5.82 Å². The van der Waals surface area contributed by atoms with Crippen molar-refractivity contribution in [1.29, 1.82) is 0 Å². The molecule has 1 aromatic carbocycles.